The van der Waals surface area contributed by atoms with Gasteiger partial charge in [0.15, 0.2) is 24.3 Å². The Balaban J connectivity index is 1.99. The normalized spacial score (nSPS) is 27.4. The summed E-state index contributed by atoms with van der Waals surface area (Å²) in [5.41, 5.74) is 9.39. The van der Waals surface area contributed by atoms with Crippen LogP contribution in [0.3, 0.4) is 0 Å². The Morgan fingerprint density at radius 1 is 0.830 bits per heavy atom. The molecule has 0 saturated carbocycles. The molecule has 0 spiro atoms. The lowest BCUT2D eigenvalue weighted by Crippen LogP contribution is -2.62. The number of nitrogens with zero attached hydrogens (tertiary/aromatic N) is 3. The number of aliphatic hydroxyl groups is 1. The van der Waals surface area contributed by atoms with E-state index < -0.39 is 66.5 Å². The molecule has 2 saturated heterocycles. The first-order valence-corrected chi connectivity index (χ1v) is 17.2. The van der Waals surface area contributed by atoms with Crippen LogP contribution in [0.15, 0.2) is 5.11 Å². The quantitative estimate of drug-likeness (QED) is 0.0366. The van der Waals surface area contributed by atoms with Crippen molar-refractivity contribution < 1.29 is 52.6 Å². The van der Waals surface area contributed by atoms with Crippen molar-refractivity contribution in [3.8, 4) is 0 Å². The van der Waals surface area contributed by atoms with Crippen molar-refractivity contribution in [2.75, 3.05) is 13.2 Å². The van der Waals surface area contributed by atoms with Gasteiger partial charge in [-0.25, -0.2) is 0 Å². The van der Waals surface area contributed by atoms with Gasteiger partial charge in [0.05, 0.1) is 24.9 Å². The van der Waals surface area contributed by atoms with Gasteiger partial charge in [0.25, 0.3) is 0 Å². The molecular formula is C33H57N3O11. The molecule has 0 aliphatic carbocycles. The summed E-state index contributed by atoms with van der Waals surface area (Å²) in [6.45, 7) is 8.69. The standard InChI is InChI=1S/C33H57N3O11/c1-7-8-9-10-11-12-13-14-15-16-17-18-19-26-29(47-33(5,6)46-26)25(35-36-34)20-42-32-28(40)31(44-24(4)39)30(43-23(3)38)27(45-32)21-41-22(2)37/h25-32,40H,7-21H2,1-6H3/t25-,26+,27?,28?,29-,30-,31+,32?/m0/s1. The maximum Gasteiger partial charge on any atom is 0.303 e. The maximum absolute atomic E-state index is 11.9. The van der Waals surface area contributed by atoms with E-state index in [1.165, 1.54) is 64.7 Å². The molecule has 14 heteroatoms. The third-order valence-corrected chi connectivity index (χ3v) is 8.24. The van der Waals surface area contributed by atoms with E-state index in [-0.39, 0.29) is 19.3 Å². The number of unbranched alkanes of at least 4 members (excludes halogenated alkanes) is 11. The van der Waals surface area contributed by atoms with Gasteiger partial charge in [-0.3, -0.25) is 14.4 Å². The number of esters is 3. The van der Waals surface area contributed by atoms with Crippen molar-refractivity contribution in [3.63, 3.8) is 0 Å². The summed E-state index contributed by atoms with van der Waals surface area (Å²) in [6, 6.07) is -0.856. The minimum Gasteiger partial charge on any atom is -0.463 e. The average Bonchev–Trinajstić information content (AvgIpc) is 3.31. The Hall–Kier alpha value is -2.48. The van der Waals surface area contributed by atoms with Crippen molar-refractivity contribution in [2.45, 2.75) is 180 Å². The van der Waals surface area contributed by atoms with Crippen LogP contribution in [0.25, 0.3) is 10.4 Å². The fourth-order valence-corrected chi connectivity index (χ4v) is 6.08. The highest BCUT2D eigenvalue weighted by Crippen LogP contribution is 2.35. The van der Waals surface area contributed by atoms with Gasteiger partial charge in [-0.1, -0.05) is 89.1 Å². The van der Waals surface area contributed by atoms with Gasteiger partial charge >= 0.3 is 17.9 Å². The van der Waals surface area contributed by atoms with Crippen LogP contribution in [0.2, 0.25) is 0 Å². The molecule has 0 aromatic rings. The smallest absolute Gasteiger partial charge is 0.303 e. The second-order valence-electron chi connectivity index (χ2n) is 12.9. The zero-order chi connectivity index (χ0) is 34.8. The summed E-state index contributed by atoms with van der Waals surface area (Å²) in [5, 5.41) is 15.0. The Labute approximate surface area is 279 Å². The number of hydrogen-bond donors (Lipinski definition) is 1. The maximum atomic E-state index is 11.9. The van der Waals surface area contributed by atoms with Gasteiger partial charge in [-0.15, -0.1) is 0 Å². The lowest BCUT2D eigenvalue weighted by atomic mass is 9.98. The number of aliphatic hydroxyl groups excluding tert-OH is 1. The van der Waals surface area contributed by atoms with E-state index in [9.17, 15) is 25.0 Å². The Morgan fingerprint density at radius 2 is 1.38 bits per heavy atom. The van der Waals surface area contributed by atoms with E-state index in [2.05, 4.69) is 16.9 Å². The lowest BCUT2D eigenvalue weighted by Gasteiger charge is -2.43. The number of carbonyl (C=O) groups is 3. The van der Waals surface area contributed by atoms with Gasteiger partial charge in [0.2, 0.25) is 0 Å². The molecular weight excluding hydrogens is 614 g/mol. The number of hydrogen-bond acceptors (Lipinski definition) is 12. The number of rotatable bonds is 22. The Morgan fingerprint density at radius 3 is 1.91 bits per heavy atom. The fraction of sp³-hybridized carbons (Fsp3) is 0.909. The molecule has 0 aromatic carbocycles. The highest BCUT2D eigenvalue weighted by molar-refractivity contribution is 5.67. The molecule has 0 bridgehead atoms. The van der Waals surface area contributed by atoms with Crippen LogP contribution in [0.5, 0.6) is 0 Å². The summed E-state index contributed by atoms with van der Waals surface area (Å²) in [7, 11) is 0. The molecule has 2 rings (SSSR count). The highest BCUT2D eigenvalue weighted by atomic mass is 16.8. The SMILES string of the molecule is CCCCCCCCCCCCCC[C@H]1OC(C)(C)O[C@H]1[C@H](COC1OC(COC(C)=O)[C@H](OC(C)=O)[C@H](OC(C)=O)C1O)N=[N+]=[N-]. The molecule has 0 amide bonds. The molecule has 0 radical (unpaired) electrons. The van der Waals surface area contributed by atoms with E-state index in [4.69, 9.17) is 33.2 Å². The van der Waals surface area contributed by atoms with Crippen LogP contribution in [0, 0.1) is 0 Å². The van der Waals surface area contributed by atoms with Crippen LogP contribution in [0.1, 0.15) is 125 Å². The van der Waals surface area contributed by atoms with E-state index in [0.29, 0.717) is 6.42 Å². The van der Waals surface area contributed by atoms with Crippen LogP contribution in [-0.2, 0) is 47.5 Å². The Kier molecular flexibility index (Phi) is 18.6. The topological polar surface area (TPSA) is 185 Å². The average molecular weight is 672 g/mol. The number of carbonyl (C=O) groups excluding carboxylic acids is 3. The second-order valence-corrected chi connectivity index (χ2v) is 12.9. The van der Waals surface area contributed by atoms with Crippen molar-refractivity contribution >= 4 is 17.9 Å². The summed E-state index contributed by atoms with van der Waals surface area (Å²) in [4.78, 5) is 38.2. The first-order valence-electron chi connectivity index (χ1n) is 17.2. The molecule has 270 valence electrons. The Bertz CT molecular complexity index is 1010. The van der Waals surface area contributed by atoms with Crippen LogP contribution < -0.4 is 0 Å². The van der Waals surface area contributed by atoms with Crippen LogP contribution in [-0.4, -0.2) is 91.0 Å². The molecule has 47 heavy (non-hydrogen) atoms. The van der Waals surface area contributed by atoms with E-state index >= 15 is 0 Å². The fourth-order valence-electron chi connectivity index (χ4n) is 6.08. The van der Waals surface area contributed by atoms with Crippen LogP contribution >= 0.6 is 0 Å². The van der Waals surface area contributed by atoms with Crippen molar-refractivity contribution in [1.29, 1.82) is 0 Å². The lowest BCUT2D eigenvalue weighted by molar-refractivity contribution is -0.307. The molecule has 2 fully saturated rings. The van der Waals surface area contributed by atoms with Gasteiger partial charge in [-0.05, 0) is 25.8 Å². The largest absolute Gasteiger partial charge is 0.463 e. The molecule has 2 heterocycles. The predicted molar refractivity (Wildman–Crippen MR) is 171 cm³/mol. The molecule has 8 atom stereocenters. The van der Waals surface area contributed by atoms with Crippen LogP contribution in [0.4, 0.5) is 0 Å². The third-order valence-electron chi connectivity index (χ3n) is 8.24. The molecule has 3 unspecified atom stereocenters. The first-order chi connectivity index (χ1) is 22.4. The monoisotopic (exact) mass is 671 g/mol. The summed E-state index contributed by atoms with van der Waals surface area (Å²) in [6.07, 6.45) is 7.66. The van der Waals surface area contributed by atoms with E-state index in [0.717, 1.165) is 33.1 Å². The van der Waals surface area contributed by atoms with Crippen molar-refractivity contribution in [1.82, 2.24) is 0 Å². The summed E-state index contributed by atoms with van der Waals surface area (Å²) >= 11 is 0. The molecule has 2 aliphatic heterocycles. The van der Waals surface area contributed by atoms with Crippen molar-refractivity contribution in [3.05, 3.63) is 10.4 Å². The summed E-state index contributed by atoms with van der Waals surface area (Å²) in [5.74, 6) is -3.00. The first kappa shape index (κ1) is 40.7. The molecule has 1 N–H and O–H groups in total. The van der Waals surface area contributed by atoms with E-state index in [1.54, 1.807) is 13.8 Å². The number of azide groups is 1. The predicted octanol–water partition coefficient (Wildman–Crippen LogP) is 5.81. The zero-order valence-electron chi connectivity index (χ0n) is 29.1. The molecule has 2 aliphatic rings. The molecule has 14 nitrogen and oxygen atoms in total. The zero-order valence-corrected chi connectivity index (χ0v) is 29.1. The second kappa shape index (κ2) is 21.5. The highest BCUT2D eigenvalue weighted by Gasteiger charge is 2.51. The van der Waals surface area contributed by atoms with Gasteiger partial charge < -0.3 is 38.3 Å². The number of ether oxygens (including phenoxy) is 7. The van der Waals surface area contributed by atoms with Gasteiger partial charge in [-0.2, -0.15) is 0 Å². The third kappa shape index (κ3) is 15.1. The molecule has 0 aromatic heterocycles. The van der Waals surface area contributed by atoms with E-state index in [1.807, 2.05) is 0 Å². The van der Waals surface area contributed by atoms with Gasteiger partial charge in [0, 0.05) is 25.7 Å². The minimum absolute atomic E-state index is 0.240. The van der Waals surface area contributed by atoms with Crippen molar-refractivity contribution in [2.24, 2.45) is 5.11 Å². The minimum atomic E-state index is -1.60. The van der Waals surface area contributed by atoms with Gasteiger partial charge in [0.1, 0.15) is 18.8 Å². The summed E-state index contributed by atoms with van der Waals surface area (Å²) < 4.78 is 39.8.